The van der Waals surface area contributed by atoms with Gasteiger partial charge in [0.25, 0.3) is 0 Å². The van der Waals surface area contributed by atoms with Gasteiger partial charge in [-0.1, -0.05) is 6.07 Å². The number of amides is 1. The van der Waals surface area contributed by atoms with Gasteiger partial charge in [-0.25, -0.2) is 17.5 Å². The molecule has 2 rings (SSSR count). The highest BCUT2D eigenvalue weighted by Crippen LogP contribution is 2.25. The van der Waals surface area contributed by atoms with Gasteiger partial charge in [-0.15, -0.1) is 0 Å². The molecule has 1 aliphatic rings. The predicted molar refractivity (Wildman–Crippen MR) is 84.0 cm³/mol. The summed E-state index contributed by atoms with van der Waals surface area (Å²) in [4.78, 5) is 13.8. The average Bonchev–Trinajstić information content (AvgIpc) is 2.50. The molecule has 1 atom stereocenters. The monoisotopic (exact) mass is 346 g/mol. The second kappa shape index (κ2) is 7.35. The fraction of sp³-hybridized carbons (Fsp3) is 0.533. The minimum absolute atomic E-state index is 0.119. The SMILES string of the molecule is Cc1ccc(F)c(N2CCC[C@@H](NS(=O)(=O)CCCF)C2=O)c1. The molecule has 1 aromatic carbocycles. The number of anilines is 1. The van der Waals surface area contributed by atoms with E-state index in [1.165, 1.54) is 11.0 Å². The van der Waals surface area contributed by atoms with Gasteiger partial charge in [0.1, 0.15) is 11.9 Å². The van der Waals surface area contributed by atoms with Crippen molar-refractivity contribution in [1.82, 2.24) is 4.72 Å². The number of carbonyl (C=O) groups excluding carboxylic acids is 1. The van der Waals surface area contributed by atoms with Crippen molar-refractivity contribution in [2.45, 2.75) is 32.2 Å². The molecule has 0 unspecified atom stereocenters. The molecule has 0 bridgehead atoms. The fourth-order valence-electron chi connectivity index (χ4n) is 2.57. The number of hydrogen-bond donors (Lipinski definition) is 1. The molecule has 0 aliphatic carbocycles. The zero-order valence-corrected chi connectivity index (χ0v) is 13.7. The molecule has 5 nitrogen and oxygen atoms in total. The Hall–Kier alpha value is -1.54. The van der Waals surface area contributed by atoms with Crippen molar-refractivity contribution in [3.8, 4) is 0 Å². The van der Waals surface area contributed by atoms with E-state index in [1.807, 2.05) is 0 Å². The third kappa shape index (κ3) is 4.48. The average molecular weight is 346 g/mol. The number of sulfonamides is 1. The van der Waals surface area contributed by atoms with Crippen LogP contribution in [0.3, 0.4) is 0 Å². The van der Waals surface area contributed by atoms with Crippen molar-refractivity contribution in [1.29, 1.82) is 0 Å². The number of rotatable bonds is 6. The zero-order chi connectivity index (χ0) is 17.0. The largest absolute Gasteiger partial charge is 0.308 e. The van der Waals surface area contributed by atoms with Gasteiger partial charge in [-0.3, -0.25) is 9.18 Å². The van der Waals surface area contributed by atoms with E-state index >= 15 is 0 Å². The highest BCUT2D eigenvalue weighted by Gasteiger charge is 2.33. The third-order valence-electron chi connectivity index (χ3n) is 3.70. The van der Waals surface area contributed by atoms with Crippen molar-refractivity contribution in [3.63, 3.8) is 0 Å². The van der Waals surface area contributed by atoms with E-state index in [1.54, 1.807) is 19.1 Å². The minimum atomic E-state index is -3.73. The maximum atomic E-state index is 14.0. The van der Waals surface area contributed by atoms with Gasteiger partial charge >= 0.3 is 0 Å². The summed E-state index contributed by atoms with van der Waals surface area (Å²) in [5, 5.41) is 0. The topological polar surface area (TPSA) is 66.5 Å². The lowest BCUT2D eigenvalue weighted by molar-refractivity contribution is -0.121. The second-order valence-electron chi connectivity index (χ2n) is 5.62. The van der Waals surface area contributed by atoms with E-state index in [2.05, 4.69) is 4.72 Å². The molecule has 1 N–H and O–H groups in total. The van der Waals surface area contributed by atoms with Crippen LogP contribution in [0.5, 0.6) is 0 Å². The van der Waals surface area contributed by atoms with Crippen molar-refractivity contribution in [2.24, 2.45) is 0 Å². The Labute approximate surface area is 134 Å². The molecule has 23 heavy (non-hydrogen) atoms. The molecule has 1 amide bonds. The lowest BCUT2D eigenvalue weighted by Gasteiger charge is -2.32. The van der Waals surface area contributed by atoms with Gasteiger partial charge in [0.2, 0.25) is 15.9 Å². The Bertz CT molecular complexity index is 679. The summed E-state index contributed by atoms with van der Waals surface area (Å²) < 4.78 is 52.1. The number of nitrogens with one attached hydrogen (secondary N) is 1. The molecule has 1 heterocycles. The standard InChI is InChI=1S/C15H20F2N2O3S/c1-11-5-6-12(17)14(10-11)19-8-2-4-13(15(19)20)18-23(21,22)9-3-7-16/h5-6,10,13,18H,2-4,7-9H2,1H3/t13-/m1/s1. The van der Waals surface area contributed by atoms with Crippen LogP contribution in [-0.2, 0) is 14.8 Å². The maximum Gasteiger partial charge on any atom is 0.245 e. The molecule has 8 heteroatoms. The molecule has 0 spiro atoms. The number of carbonyl (C=O) groups is 1. The highest BCUT2D eigenvalue weighted by molar-refractivity contribution is 7.89. The summed E-state index contributed by atoms with van der Waals surface area (Å²) in [6.45, 7) is 1.39. The highest BCUT2D eigenvalue weighted by atomic mass is 32.2. The van der Waals surface area contributed by atoms with Crippen LogP contribution >= 0.6 is 0 Å². The predicted octanol–water partition coefficient (Wildman–Crippen LogP) is 1.91. The van der Waals surface area contributed by atoms with Gasteiger partial charge in [-0.05, 0) is 43.9 Å². The number of aryl methyl sites for hydroxylation is 1. The van der Waals surface area contributed by atoms with E-state index < -0.39 is 34.5 Å². The van der Waals surface area contributed by atoms with Crippen LogP contribution in [0.2, 0.25) is 0 Å². The van der Waals surface area contributed by atoms with Crippen LogP contribution in [0.15, 0.2) is 18.2 Å². The van der Waals surface area contributed by atoms with Gasteiger partial charge < -0.3 is 4.90 Å². The normalized spacial score (nSPS) is 19.2. The molecule has 0 aromatic heterocycles. The van der Waals surface area contributed by atoms with Crippen LogP contribution in [-0.4, -0.2) is 39.3 Å². The third-order valence-corrected chi connectivity index (χ3v) is 5.17. The number of halogens is 2. The van der Waals surface area contributed by atoms with Crippen molar-refractivity contribution >= 4 is 21.6 Å². The molecule has 128 valence electrons. The summed E-state index contributed by atoms with van der Waals surface area (Å²) in [5.41, 5.74) is 0.961. The van der Waals surface area contributed by atoms with Crippen LogP contribution in [0.1, 0.15) is 24.8 Å². The molecular formula is C15H20F2N2O3S. The number of alkyl halides is 1. The number of piperidine rings is 1. The van der Waals surface area contributed by atoms with Gasteiger partial charge in [0.15, 0.2) is 0 Å². The summed E-state index contributed by atoms with van der Waals surface area (Å²) >= 11 is 0. The lowest BCUT2D eigenvalue weighted by atomic mass is 10.0. The van der Waals surface area contributed by atoms with E-state index in [9.17, 15) is 22.0 Å². The van der Waals surface area contributed by atoms with Gasteiger partial charge in [0.05, 0.1) is 18.1 Å². The van der Waals surface area contributed by atoms with Crippen LogP contribution in [0, 0.1) is 12.7 Å². The molecular weight excluding hydrogens is 326 g/mol. The Morgan fingerprint density at radius 1 is 1.39 bits per heavy atom. The van der Waals surface area contributed by atoms with E-state index in [4.69, 9.17) is 0 Å². The first kappa shape index (κ1) is 17.8. The fourth-order valence-corrected chi connectivity index (χ4v) is 3.83. The van der Waals surface area contributed by atoms with Crippen LogP contribution < -0.4 is 9.62 Å². The molecule has 1 aliphatic heterocycles. The number of hydrogen-bond acceptors (Lipinski definition) is 3. The Balaban J connectivity index is 2.17. The summed E-state index contributed by atoms with van der Waals surface area (Å²) in [5.74, 6) is -1.37. The molecule has 1 saturated heterocycles. The van der Waals surface area contributed by atoms with Crippen LogP contribution in [0.4, 0.5) is 14.5 Å². The van der Waals surface area contributed by atoms with Gasteiger partial charge in [0, 0.05) is 6.54 Å². The Morgan fingerprint density at radius 2 is 2.13 bits per heavy atom. The van der Waals surface area contributed by atoms with Crippen molar-refractivity contribution < 1.29 is 22.0 Å². The number of benzene rings is 1. The summed E-state index contributed by atoms with van der Waals surface area (Å²) in [7, 11) is -3.73. The maximum absolute atomic E-state index is 14.0. The van der Waals surface area contributed by atoms with Gasteiger partial charge in [-0.2, -0.15) is 0 Å². The summed E-state index contributed by atoms with van der Waals surface area (Å²) in [6, 6.07) is 3.51. The van der Waals surface area contributed by atoms with E-state index in [0.717, 1.165) is 5.56 Å². The number of nitrogens with zero attached hydrogens (tertiary/aromatic N) is 1. The molecule has 1 aromatic rings. The second-order valence-corrected chi connectivity index (χ2v) is 7.49. The quantitative estimate of drug-likeness (QED) is 0.856. The van der Waals surface area contributed by atoms with Crippen molar-refractivity contribution in [2.75, 3.05) is 23.9 Å². The zero-order valence-electron chi connectivity index (χ0n) is 12.9. The minimum Gasteiger partial charge on any atom is -0.308 e. The summed E-state index contributed by atoms with van der Waals surface area (Å²) in [6.07, 6.45) is 0.777. The molecule has 1 fully saturated rings. The molecule has 0 saturated carbocycles. The Morgan fingerprint density at radius 3 is 2.83 bits per heavy atom. The van der Waals surface area contributed by atoms with Crippen molar-refractivity contribution in [3.05, 3.63) is 29.6 Å². The first-order chi connectivity index (χ1) is 10.8. The first-order valence-corrected chi connectivity index (χ1v) is 9.13. The van der Waals surface area contributed by atoms with Crippen LogP contribution in [0.25, 0.3) is 0 Å². The molecule has 0 radical (unpaired) electrons. The van der Waals surface area contributed by atoms with E-state index in [-0.39, 0.29) is 17.9 Å². The van der Waals surface area contributed by atoms with E-state index in [0.29, 0.717) is 19.4 Å². The lowest BCUT2D eigenvalue weighted by Crippen LogP contribution is -2.53. The Kier molecular flexibility index (Phi) is 5.69. The first-order valence-electron chi connectivity index (χ1n) is 7.47. The smallest absolute Gasteiger partial charge is 0.245 e.